The summed E-state index contributed by atoms with van der Waals surface area (Å²) in [5, 5.41) is 7.10. The monoisotopic (exact) mass is 670 g/mol. The number of rotatable bonds is 9. The Bertz CT molecular complexity index is 1780. The molecule has 0 spiro atoms. The van der Waals surface area contributed by atoms with Crippen LogP contribution in [0.25, 0.3) is 17.1 Å². The molecular formula is C32H30F4N6O4S. The molecule has 5 rings (SSSR count). The standard InChI is InChI=1S/C32H30F4N6O4S/c1-18(2)25-14-13-24(45-4)15-26(25)42-27(43)16-47-31(42)39-30(44)38-19(3)28(33)20-5-7-21(8-6-20)29-37-17-41(40-29)22-9-11-23(12-10-22)46-32(34,35)36/h5-15,17-19,28H,16H2,1-4H3,(H,38,44). The highest BCUT2D eigenvalue weighted by Gasteiger charge is 2.33. The first-order chi connectivity index (χ1) is 22.3. The number of hydrogen-bond acceptors (Lipinski definition) is 7. The molecule has 0 bridgehead atoms. The summed E-state index contributed by atoms with van der Waals surface area (Å²) in [6, 6.07) is 15.1. The number of nitrogens with zero attached hydrogens (tertiary/aromatic N) is 5. The molecule has 3 aromatic carbocycles. The number of aliphatic imine (C=N–C) groups is 1. The third-order valence-electron chi connectivity index (χ3n) is 7.17. The molecule has 10 nitrogen and oxygen atoms in total. The first kappa shape index (κ1) is 33.4. The lowest BCUT2D eigenvalue weighted by Gasteiger charge is -2.22. The molecule has 0 saturated carbocycles. The number of hydrogen-bond donors (Lipinski definition) is 1. The van der Waals surface area contributed by atoms with Crippen molar-refractivity contribution in [2.45, 2.75) is 45.3 Å². The van der Waals surface area contributed by atoms with Crippen molar-refractivity contribution >= 4 is 34.6 Å². The van der Waals surface area contributed by atoms with Crippen LogP contribution in [-0.4, -0.2) is 57.1 Å². The SMILES string of the molecule is COc1ccc(C(C)C)c(N2C(=O)CSC2=NC(=O)NC(C)C(F)c2ccc(-c3ncn(-c4ccc(OC(F)(F)F)cc4)n3)cc2)c1. The van der Waals surface area contributed by atoms with Crippen LogP contribution in [0.1, 0.15) is 44.0 Å². The summed E-state index contributed by atoms with van der Waals surface area (Å²) in [7, 11) is 1.52. The molecule has 2 unspecified atom stereocenters. The van der Waals surface area contributed by atoms with Gasteiger partial charge in [0.2, 0.25) is 5.91 Å². The molecule has 2 atom stereocenters. The maximum absolute atomic E-state index is 15.5. The molecule has 1 N–H and O–H groups in total. The fourth-order valence-corrected chi connectivity index (χ4v) is 5.68. The van der Waals surface area contributed by atoms with Crippen molar-refractivity contribution in [3.63, 3.8) is 0 Å². The predicted molar refractivity (Wildman–Crippen MR) is 170 cm³/mol. The highest BCUT2D eigenvalue weighted by Crippen LogP contribution is 2.36. The molecule has 3 amide bonds. The number of carbonyl (C=O) groups excluding carboxylic acids is 2. The van der Waals surface area contributed by atoms with Crippen LogP contribution in [0, 0.1) is 0 Å². The van der Waals surface area contributed by atoms with Gasteiger partial charge in [0.1, 0.15) is 24.0 Å². The Labute approximate surface area is 271 Å². The number of thioether (sulfide) groups is 1. The summed E-state index contributed by atoms with van der Waals surface area (Å²) in [5.41, 5.74) is 2.77. The van der Waals surface area contributed by atoms with Crippen molar-refractivity contribution in [2.75, 3.05) is 17.8 Å². The summed E-state index contributed by atoms with van der Waals surface area (Å²) in [5.74, 6) is 0.446. The highest BCUT2D eigenvalue weighted by molar-refractivity contribution is 8.15. The van der Waals surface area contributed by atoms with E-state index in [1.165, 1.54) is 42.1 Å². The Kier molecular flexibility index (Phi) is 9.84. The molecule has 1 saturated heterocycles. The number of halogens is 4. The number of urea groups is 1. The summed E-state index contributed by atoms with van der Waals surface area (Å²) in [6.45, 7) is 5.49. The van der Waals surface area contributed by atoms with Gasteiger partial charge in [-0.1, -0.05) is 55.9 Å². The number of alkyl halides is 4. The zero-order chi connectivity index (χ0) is 33.9. The second-order valence-electron chi connectivity index (χ2n) is 10.8. The van der Waals surface area contributed by atoms with Gasteiger partial charge in [0, 0.05) is 11.6 Å². The second-order valence-corrected chi connectivity index (χ2v) is 11.8. The van der Waals surface area contributed by atoms with Gasteiger partial charge in [-0.2, -0.15) is 4.99 Å². The molecule has 2 heterocycles. The molecule has 15 heteroatoms. The molecule has 1 fully saturated rings. The lowest BCUT2D eigenvalue weighted by Crippen LogP contribution is -2.36. The van der Waals surface area contributed by atoms with Crippen molar-refractivity contribution in [3.8, 4) is 28.6 Å². The number of methoxy groups -OCH3 is 1. The number of carbonyl (C=O) groups is 2. The molecular weight excluding hydrogens is 640 g/mol. The molecule has 1 aromatic heterocycles. The van der Waals surface area contributed by atoms with Gasteiger partial charge >= 0.3 is 12.4 Å². The Morgan fingerprint density at radius 2 is 1.70 bits per heavy atom. The fraction of sp³-hybridized carbons (Fsp3) is 0.281. The van der Waals surface area contributed by atoms with Crippen LogP contribution in [0.5, 0.6) is 11.5 Å². The Hall–Kier alpha value is -4.92. The van der Waals surface area contributed by atoms with E-state index in [9.17, 15) is 22.8 Å². The predicted octanol–water partition coefficient (Wildman–Crippen LogP) is 7.21. The number of amidine groups is 1. The van der Waals surface area contributed by atoms with Crippen LogP contribution in [0.4, 0.5) is 28.0 Å². The summed E-state index contributed by atoms with van der Waals surface area (Å²) < 4.78 is 63.3. The Balaban J connectivity index is 1.24. The first-order valence-electron chi connectivity index (χ1n) is 14.4. The third kappa shape index (κ3) is 7.91. The largest absolute Gasteiger partial charge is 0.573 e. The van der Waals surface area contributed by atoms with Crippen LogP contribution < -0.4 is 19.7 Å². The van der Waals surface area contributed by atoms with E-state index in [2.05, 4.69) is 25.1 Å². The van der Waals surface area contributed by atoms with Gasteiger partial charge < -0.3 is 14.8 Å². The van der Waals surface area contributed by atoms with E-state index in [-0.39, 0.29) is 28.5 Å². The number of aromatic nitrogens is 3. The quantitative estimate of drug-likeness (QED) is 0.187. The van der Waals surface area contributed by atoms with Crippen LogP contribution in [0.3, 0.4) is 0 Å². The van der Waals surface area contributed by atoms with Crippen molar-refractivity contribution in [1.29, 1.82) is 0 Å². The van der Waals surface area contributed by atoms with Crippen molar-refractivity contribution in [3.05, 3.63) is 84.2 Å². The normalized spacial score (nSPS) is 15.6. The van der Waals surface area contributed by atoms with Crippen LogP contribution in [0.2, 0.25) is 0 Å². The average molecular weight is 671 g/mol. The lowest BCUT2D eigenvalue weighted by atomic mass is 10.00. The van der Waals surface area contributed by atoms with E-state index in [0.717, 1.165) is 29.5 Å². The van der Waals surface area contributed by atoms with E-state index in [0.29, 0.717) is 34.1 Å². The van der Waals surface area contributed by atoms with Gasteiger partial charge in [0.25, 0.3) is 0 Å². The molecule has 246 valence electrons. The molecule has 1 aliphatic heterocycles. The second kappa shape index (κ2) is 13.8. The van der Waals surface area contributed by atoms with Crippen LogP contribution in [0.15, 0.2) is 78.0 Å². The Morgan fingerprint density at radius 3 is 2.34 bits per heavy atom. The summed E-state index contributed by atoms with van der Waals surface area (Å²) >= 11 is 1.12. The van der Waals surface area contributed by atoms with Gasteiger partial charge in [-0.25, -0.2) is 18.9 Å². The topological polar surface area (TPSA) is 111 Å². The third-order valence-corrected chi connectivity index (χ3v) is 8.09. The minimum atomic E-state index is -4.79. The van der Waals surface area contributed by atoms with Crippen molar-refractivity contribution in [1.82, 2.24) is 20.1 Å². The highest BCUT2D eigenvalue weighted by atomic mass is 32.2. The van der Waals surface area contributed by atoms with Crippen LogP contribution >= 0.6 is 11.8 Å². The molecule has 1 aliphatic rings. The zero-order valence-electron chi connectivity index (χ0n) is 25.7. The fourth-order valence-electron chi connectivity index (χ4n) is 4.83. The van der Waals surface area contributed by atoms with E-state index >= 15 is 4.39 Å². The minimum Gasteiger partial charge on any atom is -0.497 e. The van der Waals surface area contributed by atoms with Gasteiger partial charge in [0.15, 0.2) is 11.0 Å². The van der Waals surface area contributed by atoms with Gasteiger partial charge in [-0.05, 0) is 54.3 Å². The maximum atomic E-state index is 15.5. The number of nitrogens with one attached hydrogen (secondary N) is 1. The maximum Gasteiger partial charge on any atom is 0.573 e. The smallest absolute Gasteiger partial charge is 0.497 e. The number of amides is 3. The number of anilines is 1. The van der Waals surface area contributed by atoms with E-state index in [1.54, 1.807) is 36.4 Å². The lowest BCUT2D eigenvalue weighted by molar-refractivity contribution is -0.274. The van der Waals surface area contributed by atoms with E-state index < -0.39 is 24.6 Å². The molecule has 0 aliphatic carbocycles. The van der Waals surface area contributed by atoms with Gasteiger partial charge in [-0.3, -0.25) is 9.69 Å². The van der Waals surface area contributed by atoms with Gasteiger partial charge in [-0.15, -0.1) is 18.3 Å². The summed E-state index contributed by atoms with van der Waals surface area (Å²) in [4.78, 5) is 35.5. The van der Waals surface area contributed by atoms with E-state index in [4.69, 9.17) is 4.74 Å². The van der Waals surface area contributed by atoms with Gasteiger partial charge in [0.05, 0.1) is 30.3 Å². The molecule has 47 heavy (non-hydrogen) atoms. The summed E-state index contributed by atoms with van der Waals surface area (Å²) in [6.07, 6.45) is -4.98. The van der Waals surface area contributed by atoms with E-state index in [1.807, 2.05) is 19.9 Å². The number of ether oxygens (including phenoxy) is 2. The Morgan fingerprint density at radius 1 is 1.02 bits per heavy atom. The zero-order valence-corrected chi connectivity index (χ0v) is 26.5. The molecule has 4 aromatic rings. The van der Waals surface area contributed by atoms with Crippen LogP contribution in [-0.2, 0) is 4.79 Å². The first-order valence-corrected chi connectivity index (χ1v) is 15.4. The van der Waals surface area contributed by atoms with Crippen molar-refractivity contribution < 1.29 is 36.6 Å². The average Bonchev–Trinajstić information content (AvgIpc) is 3.67. The van der Waals surface area contributed by atoms with Crippen molar-refractivity contribution in [2.24, 2.45) is 4.99 Å². The minimum absolute atomic E-state index is 0.0806. The number of benzene rings is 3. The molecule has 0 radical (unpaired) electrons.